The van der Waals surface area contributed by atoms with Crippen LogP contribution in [0.25, 0.3) is 0 Å². The van der Waals surface area contributed by atoms with Crippen LogP contribution >= 0.6 is 0 Å². The van der Waals surface area contributed by atoms with E-state index in [9.17, 15) is 39.0 Å². The Morgan fingerprint density at radius 1 is 1.00 bits per heavy atom. The maximum Gasteiger partial charge on any atom is 0.303 e. The van der Waals surface area contributed by atoms with Gasteiger partial charge in [-0.25, -0.2) is 0 Å². The largest absolute Gasteiger partial charge is 0.545 e. The number of fused-ring (bicyclic) bond motifs is 2. The van der Waals surface area contributed by atoms with Crippen LogP contribution in [-0.2, 0) is 35.1 Å². The molecular formula is C40H48NO9-. The monoisotopic (exact) mass is 686 g/mol. The van der Waals surface area contributed by atoms with E-state index in [-0.39, 0.29) is 83.1 Å². The van der Waals surface area contributed by atoms with Gasteiger partial charge in [-0.2, -0.15) is 0 Å². The quantitative estimate of drug-likeness (QED) is 0.239. The lowest BCUT2D eigenvalue weighted by Crippen LogP contribution is -2.33. The Balaban J connectivity index is 1.94. The maximum atomic E-state index is 13.9. The number of hydrogen-bond donors (Lipinski definition) is 2. The van der Waals surface area contributed by atoms with Crippen LogP contribution < -0.4 is 10.4 Å². The van der Waals surface area contributed by atoms with Crippen molar-refractivity contribution in [2.45, 2.75) is 92.8 Å². The average molecular weight is 687 g/mol. The topological polar surface area (TPSA) is 167 Å². The van der Waals surface area contributed by atoms with Crippen molar-refractivity contribution in [3.05, 3.63) is 93.8 Å². The van der Waals surface area contributed by atoms with Crippen LogP contribution in [0.4, 0.5) is 0 Å². The normalized spacial score (nSPS) is 28.4. The first-order chi connectivity index (χ1) is 23.5. The van der Waals surface area contributed by atoms with Crippen LogP contribution in [0.15, 0.2) is 82.6 Å². The molecule has 0 saturated carbocycles. The molecule has 1 aromatic carbocycles. The van der Waals surface area contributed by atoms with Crippen molar-refractivity contribution in [1.29, 1.82) is 0 Å². The molecule has 0 fully saturated rings. The van der Waals surface area contributed by atoms with Gasteiger partial charge in [-0.1, -0.05) is 76.3 Å². The third-order valence-electron chi connectivity index (χ3n) is 9.26. The highest BCUT2D eigenvalue weighted by molar-refractivity contribution is 6.24. The van der Waals surface area contributed by atoms with E-state index >= 15 is 0 Å². The molecule has 10 nitrogen and oxygen atoms in total. The first-order valence-electron chi connectivity index (χ1n) is 17.0. The van der Waals surface area contributed by atoms with Crippen molar-refractivity contribution in [3.8, 4) is 0 Å². The Morgan fingerprint density at radius 2 is 1.66 bits per heavy atom. The van der Waals surface area contributed by atoms with Gasteiger partial charge in [0.2, 0.25) is 5.78 Å². The first-order valence-corrected chi connectivity index (χ1v) is 17.0. The standard InChI is InChI=1S/C40H49NO9/c1-22-17-25(4)36(45)26(5)19-27(6)38(50-28(7)42)23(2)9-8-10-24(3)39(47)41-34-21-35(44)32(33(18-22)37(34)46)16-15-31(43)20-29-11-13-30(14-12-29)40(48)49/h8-14,19,21-23,25-26,36,38,45H,15-18,20H2,1-7H3,(H,41,47)(H,48,49)/p-1/b9-8-,24-10+,27-19+/t22-,23-,25?,26-,36-,38+/m0/s1. The number of carboxylic acids is 1. The molecule has 2 bridgehead atoms. The number of ketones is 3. The number of aliphatic hydroxyl groups is 1. The molecule has 1 aliphatic carbocycles. The van der Waals surface area contributed by atoms with E-state index < -0.39 is 41.6 Å². The molecule has 0 spiro atoms. The van der Waals surface area contributed by atoms with Gasteiger partial charge >= 0.3 is 5.97 Å². The molecule has 1 aromatic rings. The van der Waals surface area contributed by atoms with Crippen molar-refractivity contribution >= 4 is 35.2 Å². The van der Waals surface area contributed by atoms with Gasteiger partial charge in [-0.15, -0.1) is 0 Å². The van der Waals surface area contributed by atoms with Gasteiger partial charge in [0.05, 0.1) is 17.8 Å². The zero-order valence-electron chi connectivity index (χ0n) is 29.9. The summed E-state index contributed by atoms with van der Waals surface area (Å²) >= 11 is 0. The molecule has 268 valence electrons. The second-order valence-corrected chi connectivity index (χ2v) is 13.8. The number of aromatic carboxylic acids is 1. The van der Waals surface area contributed by atoms with Crippen LogP contribution in [0.5, 0.6) is 0 Å². The Kier molecular flexibility index (Phi) is 14.1. The van der Waals surface area contributed by atoms with Crippen molar-refractivity contribution in [3.63, 3.8) is 0 Å². The fourth-order valence-corrected chi connectivity index (χ4v) is 6.55. The number of hydrogen-bond acceptors (Lipinski definition) is 9. The molecule has 1 aliphatic heterocycles. The number of aliphatic hydroxyl groups excluding tert-OH is 1. The highest BCUT2D eigenvalue weighted by Gasteiger charge is 2.32. The van der Waals surface area contributed by atoms with Crippen molar-refractivity contribution in [1.82, 2.24) is 5.32 Å². The van der Waals surface area contributed by atoms with Gasteiger partial charge in [0, 0.05) is 54.4 Å². The third kappa shape index (κ3) is 10.9. The number of Topliss-reactive ketones (excluding diaryl/α,β-unsaturated/α-hetero) is 2. The summed E-state index contributed by atoms with van der Waals surface area (Å²) in [6.45, 7) is 12.4. The molecule has 2 aliphatic rings. The van der Waals surface area contributed by atoms with E-state index in [4.69, 9.17) is 4.74 Å². The minimum Gasteiger partial charge on any atom is -0.545 e. The fraction of sp³-hybridized carbons (Fsp3) is 0.450. The van der Waals surface area contributed by atoms with Gasteiger partial charge < -0.3 is 25.1 Å². The number of carbonyl (C=O) groups is 6. The summed E-state index contributed by atoms with van der Waals surface area (Å²) in [4.78, 5) is 76.4. The number of amides is 1. The van der Waals surface area contributed by atoms with E-state index in [2.05, 4.69) is 5.32 Å². The molecule has 2 N–H and O–H groups in total. The number of esters is 1. The zero-order valence-corrected chi connectivity index (χ0v) is 29.9. The lowest BCUT2D eigenvalue weighted by atomic mass is 9.80. The lowest BCUT2D eigenvalue weighted by Gasteiger charge is -2.28. The summed E-state index contributed by atoms with van der Waals surface area (Å²) in [6, 6.07) is 5.79. The van der Waals surface area contributed by atoms with Crippen molar-refractivity contribution in [2.24, 2.45) is 23.7 Å². The third-order valence-corrected chi connectivity index (χ3v) is 9.26. The highest BCUT2D eigenvalue weighted by Crippen LogP contribution is 2.32. The number of allylic oxidation sites excluding steroid dienone is 5. The van der Waals surface area contributed by atoms with Gasteiger partial charge in [0.1, 0.15) is 11.9 Å². The molecule has 1 amide bonds. The first kappa shape index (κ1) is 39.7. The number of benzene rings is 1. The smallest absolute Gasteiger partial charge is 0.303 e. The molecule has 6 atom stereocenters. The second kappa shape index (κ2) is 17.8. The maximum absolute atomic E-state index is 13.9. The van der Waals surface area contributed by atoms with Crippen molar-refractivity contribution < 1.29 is 43.7 Å². The van der Waals surface area contributed by atoms with E-state index in [1.807, 2.05) is 40.7 Å². The molecular weight excluding hydrogens is 638 g/mol. The second-order valence-electron chi connectivity index (χ2n) is 13.8. The molecule has 50 heavy (non-hydrogen) atoms. The Bertz CT molecular complexity index is 1660. The van der Waals surface area contributed by atoms with Gasteiger partial charge in [-0.05, 0) is 61.6 Å². The van der Waals surface area contributed by atoms with Crippen molar-refractivity contribution in [2.75, 3.05) is 0 Å². The minimum atomic E-state index is -1.32. The van der Waals surface area contributed by atoms with Crippen LogP contribution in [0.3, 0.4) is 0 Å². The molecule has 1 heterocycles. The summed E-state index contributed by atoms with van der Waals surface area (Å²) in [5, 5.41) is 24.9. The van der Waals surface area contributed by atoms with E-state index in [1.54, 1.807) is 25.2 Å². The van der Waals surface area contributed by atoms with Crippen LogP contribution in [0, 0.1) is 23.7 Å². The molecule has 3 rings (SSSR count). The fourth-order valence-electron chi connectivity index (χ4n) is 6.55. The average Bonchev–Trinajstić information content (AvgIpc) is 3.04. The Labute approximate surface area is 294 Å². The molecule has 0 aromatic heterocycles. The molecule has 1 unspecified atom stereocenters. The number of carboxylic acid groups (broad SMARTS) is 1. The minimum absolute atomic E-state index is 0.00245. The predicted octanol–water partition coefficient (Wildman–Crippen LogP) is 4.47. The predicted molar refractivity (Wildman–Crippen MR) is 186 cm³/mol. The Morgan fingerprint density at radius 3 is 2.28 bits per heavy atom. The van der Waals surface area contributed by atoms with E-state index in [0.29, 0.717) is 12.0 Å². The number of carbonyl (C=O) groups excluding carboxylic acids is 6. The summed E-state index contributed by atoms with van der Waals surface area (Å²) in [5.41, 5.74) is 1.96. The van der Waals surface area contributed by atoms with Gasteiger partial charge in [0.15, 0.2) is 5.78 Å². The SMILES string of the molecule is CC(=O)O[C@H]1/C(C)=C/[C@H](C)[C@@H](O)C(C)C[C@H](C)CC2=C(CCC(=O)Cc3ccc(C(=O)[O-])cc3)C(=O)C=C(NC(=O)/C(C)=C/C=C\[C@@H]1C)C2=O. The van der Waals surface area contributed by atoms with E-state index in [1.165, 1.54) is 31.2 Å². The van der Waals surface area contributed by atoms with Crippen LogP contribution in [0.2, 0.25) is 0 Å². The summed E-state index contributed by atoms with van der Waals surface area (Å²) in [7, 11) is 0. The molecule has 0 radical (unpaired) electrons. The molecule has 0 saturated heterocycles. The Hall–Kier alpha value is -4.70. The summed E-state index contributed by atoms with van der Waals surface area (Å²) < 4.78 is 5.64. The molecule has 10 heteroatoms. The number of nitrogens with one attached hydrogen (secondary N) is 1. The van der Waals surface area contributed by atoms with Crippen LogP contribution in [0.1, 0.15) is 90.1 Å². The number of rotatable bonds is 7. The number of ether oxygens (including phenoxy) is 1. The lowest BCUT2D eigenvalue weighted by molar-refractivity contribution is -0.255. The van der Waals surface area contributed by atoms with Gasteiger partial charge in [-0.3, -0.25) is 24.0 Å². The highest BCUT2D eigenvalue weighted by atomic mass is 16.5. The van der Waals surface area contributed by atoms with E-state index in [0.717, 1.165) is 11.6 Å². The van der Waals surface area contributed by atoms with Gasteiger partial charge in [0.25, 0.3) is 5.91 Å². The zero-order chi connectivity index (χ0) is 37.3. The summed E-state index contributed by atoms with van der Waals surface area (Å²) in [5.74, 6) is -4.40. The summed E-state index contributed by atoms with van der Waals surface area (Å²) in [6.07, 6.45) is 7.42. The van der Waals surface area contributed by atoms with Crippen LogP contribution in [-0.4, -0.2) is 52.5 Å².